The van der Waals surface area contributed by atoms with Crippen LogP contribution in [0.25, 0.3) is 0 Å². The van der Waals surface area contributed by atoms with Crippen LogP contribution in [-0.4, -0.2) is 5.91 Å². The van der Waals surface area contributed by atoms with E-state index in [0.29, 0.717) is 10.6 Å². The van der Waals surface area contributed by atoms with Crippen LogP contribution in [0.1, 0.15) is 26.4 Å². The number of nitrogens with one attached hydrogen (secondary N) is 1. The maximum Gasteiger partial charge on any atom is 0.258 e. The first-order chi connectivity index (χ1) is 8.50. The third-order valence-electron chi connectivity index (χ3n) is 3.03. The van der Waals surface area contributed by atoms with E-state index in [4.69, 9.17) is 5.73 Å². The van der Waals surface area contributed by atoms with Gasteiger partial charge in [0.2, 0.25) is 0 Å². The van der Waals surface area contributed by atoms with Crippen molar-refractivity contribution in [1.29, 1.82) is 0 Å². The first-order valence-electron chi connectivity index (χ1n) is 5.73. The summed E-state index contributed by atoms with van der Waals surface area (Å²) in [5, 5.41) is 3.49. The fraction of sp³-hybridized carbons (Fsp3) is 0.214. The molecule has 1 amide bonds. The van der Waals surface area contributed by atoms with Crippen LogP contribution in [-0.2, 0) is 0 Å². The molecule has 1 aromatic carbocycles. The Hall–Kier alpha value is -1.81. The van der Waals surface area contributed by atoms with Crippen molar-refractivity contribution in [3.05, 3.63) is 45.8 Å². The molecule has 0 saturated heterocycles. The van der Waals surface area contributed by atoms with E-state index in [1.807, 2.05) is 45.0 Å². The molecule has 0 atom stereocenters. The molecular formula is C14H16N2OS. The number of thiophene rings is 1. The van der Waals surface area contributed by atoms with Crippen molar-refractivity contribution in [2.45, 2.75) is 20.8 Å². The molecule has 3 nitrogen and oxygen atoms in total. The van der Waals surface area contributed by atoms with Crippen molar-refractivity contribution in [2.24, 2.45) is 0 Å². The summed E-state index contributed by atoms with van der Waals surface area (Å²) in [6, 6.07) is 7.69. The molecule has 0 bridgehead atoms. The predicted molar refractivity (Wildman–Crippen MR) is 77.3 cm³/mol. The number of amides is 1. The highest BCUT2D eigenvalue weighted by atomic mass is 32.1. The Labute approximate surface area is 111 Å². The van der Waals surface area contributed by atoms with E-state index >= 15 is 0 Å². The molecule has 1 heterocycles. The molecule has 18 heavy (non-hydrogen) atoms. The third kappa shape index (κ3) is 2.24. The molecule has 4 heteroatoms. The van der Waals surface area contributed by atoms with E-state index in [2.05, 4.69) is 5.32 Å². The minimum absolute atomic E-state index is 0.136. The van der Waals surface area contributed by atoms with E-state index in [0.717, 1.165) is 21.7 Å². The Morgan fingerprint density at radius 1 is 1.22 bits per heavy atom. The summed E-state index contributed by atoms with van der Waals surface area (Å²) in [4.78, 5) is 13.3. The number of rotatable bonds is 2. The Bertz CT molecular complexity index is 602. The predicted octanol–water partition coefficient (Wildman–Crippen LogP) is 3.51. The zero-order valence-electron chi connectivity index (χ0n) is 10.7. The molecular weight excluding hydrogens is 244 g/mol. The highest BCUT2D eigenvalue weighted by molar-refractivity contribution is 7.16. The summed E-state index contributed by atoms with van der Waals surface area (Å²) in [5.41, 5.74) is 9.31. The number of hydrogen-bond donors (Lipinski definition) is 2. The Balaban J connectivity index is 2.31. The fourth-order valence-corrected chi connectivity index (χ4v) is 2.77. The topological polar surface area (TPSA) is 55.1 Å². The average Bonchev–Trinajstić information content (AvgIpc) is 2.56. The lowest BCUT2D eigenvalue weighted by Gasteiger charge is -2.08. The van der Waals surface area contributed by atoms with E-state index in [1.165, 1.54) is 11.3 Å². The number of carbonyl (C=O) groups excluding carboxylic acids is 1. The molecule has 0 aliphatic heterocycles. The smallest absolute Gasteiger partial charge is 0.258 e. The molecule has 0 aliphatic rings. The van der Waals surface area contributed by atoms with Gasteiger partial charge in [0.25, 0.3) is 5.91 Å². The maximum atomic E-state index is 12.2. The van der Waals surface area contributed by atoms with Crippen LogP contribution in [0.3, 0.4) is 0 Å². The number of carbonyl (C=O) groups is 1. The summed E-state index contributed by atoms with van der Waals surface area (Å²) in [5.74, 6) is -0.136. The zero-order valence-corrected chi connectivity index (χ0v) is 11.5. The van der Waals surface area contributed by atoms with Crippen molar-refractivity contribution in [2.75, 3.05) is 11.1 Å². The standard InChI is InChI=1S/C14H16N2OS/c1-8-6-4-5-7-11(8)16-14(17)12-9(2)10(3)18-13(12)15/h4-7H,15H2,1-3H3,(H,16,17). The molecule has 1 aromatic heterocycles. The van der Waals surface area contributed by atoms with Gasteiger partial charge in [-0.05, 0) is 38.0 Å². The average molecular weight is 260 g/mol. The largest absolute Gasteiger partial charge is 0.390 e. The minimum atomic E-state index is -0.136. The summed E-state index contributed by atoms with van der Waals surface area (Å²) >= 11 is 1.46. The van der Waals surface area contributed by atoms with Gasteiger partial charge in [0.15, 0.2) is 0 Å². The summed E-state index contributed by atoms with van der Waals surface area (Å²) in [6.45, 7) is 5.86. The quantitative estimate of drug-likeness (QED) is 0.868. The lowest BCUT2D eigenvalue weighted by Crippen LogP contribution is -2.14. The number of benzene rings is 1. The van der Waals surface area contributed by atoms with Gasteiger partial charge < -0.3 is 11.1 Å². The van der Waals surface area contributed by atoms with Gasteiger partial charge in [-0.3, -0.25) is 4.79 Å². The molecule has 3 N–H and O–H groups in total. The van der Waals surface area contributed by atoms with Gasteiger partial charge in [-0.15, -0.1) is 11.3 Å². The SMILES string of the molecule is Cc1ccccc1NC(=O)c1c(N)sc(C)c1C. The van der Waals surface area contributed by atoms with Gasteiger partial charge in [0, 0.05) is 10.6 Å². The summed E-state index contributed by atoms with van der Waals surface area (Å²) in [7, 11) is 0. The lowest BCUT2D eigenvalue weighted by molar-refractivity contribution is 0.102. The number of hydrogen-bond acceptors (Lipinski definition) is 3. The highest BCUT2D eigenvalue weighted by Gasteiger charge is 2.17. The fourth-order valence-electron chi connectivity index (χ4n) is 1.83. The number of para-hydroxylation sites is 1. The normalized spacial score (nSPS) is 10.4. The van der Waals surface area contributed by atoms with Crippen molar-refractivity contribution >= 4 is 27.9 Å². The van der Waals surface area contributed by atoms with Crippen molar-refractivity contribution in [3.63, 3.8) is 0 Å². The van der Waals surface area contributed by atoms with Crippen LogP contribution in [0.2, 0.25) is 0 Å². The van der Waals surface area contributed by atoms with Crippen LogP contribution in [0.15, 0.2) is 24.3 Å². The van der Waals surface area contributed by atoms with Gasteiger partial charge in [-0.1, -0.05) is 18.2 Å². The first-order valence-corrected chi connectivity index (χ1v) is 6.54. The maximum absolute atomic E-state index is 12.2. The minimum Gasteiger partial charge on any atom is -0.390 e. The third-order valence-corrected chi connectivity index (χ3v) is 4.07. The van der Waals surface area contributed by atoms with Crippen molar-refractivity contribution in [3.8, 4) is 0 Å². The molecule has 94 valence electrons. The van der Waals surface area contributed by atoms with Crippen molar-refractivity contribution in [1.82, 2.24) is 0 Å². The molecule has 0 unspecified atom stereocenters. The Morgan fingerprint density at radius 3 is 2.44 bits per heavy atom. The summed E-state index contributed by atoms with van der Waals surface area (Å²) in [6.07, 6.45) is 0. The second-order valence-electron chi connectivity index (χ2n) is 4.29. The Morgan fingerprint density at radius 2 is 1.89 bits per heavy atom. The number of anilines is 2. The number of aryl methyl sites for hydroxylation is 2. The lowest BCUT2D eigenvalue weighted by atomic mass is 10.1. The van der Waals surface area contributed by atoms with Crippen molar-refractivity contribution < 1.29 is 4.79 Å². The van der Waals surface area contributed by atoms with Crippen LogP contribution in [0.5, 0.6) is 0 Å². The molecule has 0 aliphatic carbocycles. The van der Waals surface area contributed by atoms with E-state index in [-0.39, 0.29) is 5.91 Å². The molecule has 2 aromatic rings. The first kappa shape index (κ1) is 12.6. The number of nitrogens with two attached hydrogens (primary N) is 1. The van der Waals surface area contributed by atoms with E-state index < -0.39 is 0 Å². The number of nitrogen functional groups attached to an aromatic ring is 1. The monoisotopic (exact) mass is 260 g/mol. The van der Waals surface area contributed by atoms with E-state index in [9.17, 15) is 4.79 Å². The van der Waals surface area contributed by atoms with E-state index in [1.54, 1.807) is 0 Å². The van der Waals surface area contributed by atoms with Gasteiger partial charge >= 0.3 is 0 Å². The van der Waals surface area contributed by atoms with Gasteiger partial charge in [-0.2, -0.15) is 0 Å². The van der Waals surface area contributed by atoms with Gasteiger partial charge in [0.05, 0.1) is 10.6 Å². The van der Waals surface area contributed by atoms with Crippen LogP contribution >= 0.6 is 11.3 Å². The van der Waals surface area contributed by atoms with Crippen LogP contribution < -0.4 is 11.1 Å². The van der Waals surface area contributed by atoms with Gasteiger partial charge in [0.1, 0.15) is 0 Å². The highest BCUT2D eigenvalue weighted by Crippen LogP contribution is 2.30. The Kier molecular flexibility index (Phi) is 3.39. The molecule has 0 fully saturated rings. The zero-order chi connectivity index (χ0) is 13.3. The molecule has 2 rings (SSSR count). The molecule has 0 spiro atoms. The molecule has 0 saturated carbocycles. The van der Waals surface area contributed by atoms with Crippen LogP contribution in [0.4, 0.5) is 10.7 Å². The second kappa shape index (κ2) is 4.82. The van der Waals surface area contributed by atoms with Crippen LogP contribution in [0, 0.1) is 20.8 Å². The second-order valence-corrected chi connectivity index (χ2v) is 5.55. The summed E-state index contributed by atoms with van der Waals surface area (Å²) < 4.78 is 0. The van der Waals surface area contributed by atoms with Gasteiger partial charge in [-0.25, -0.2) is 0 Å². The molecule has 0 radical (unpaired) electrons.